The van der Waals surface area contributed by atoms with Crippen LogP contribution in [0.4, 0.5) is 5.69 Å². The number of hydrogen-bond donors (Lipinski definition) is 2. The molecule has 1 aliphatic rings. The largest absolute Gasteiger partial charge is 0.385 e. The number of nitrogens with one attached hydrogen (secondary N) is 2. The Kier molecular flexibility index (Phi) is 5.66. The number of fused-ring (bicyclic) bond motifs is 4. The summed E-state index contributed by atoms with van der Waals surface area (Å²) in [6, 6.07) is 19.4. The molecule has 0 fully saturated rings. The number of nitrogens with zero attached hydrogens (tertiary/aromatic N) is 1. The number of ether oxygens (including phenoxy) is 1. The van der Waals surface area contributed by atoms with Crippen molar-refractivity contribution in [1.29, 1.82) is 0 Å². The number of aromatic amines is 1. The first-order chi connectivity index (χ1) is 16.0. The summed E-state index contributed by atoms with van der Waals surface area (Å²) < 4.78 is 6.92. The van der Waals surface area contributed by atoms with E-state index in [0.717, 1.165) is 12.1 Å². The second-order valence-corrected chi connectivity index (χ2v) is 8.54. The van der Waals surface area contributed by atoms with Gasteiger partial charge in [0.05, 0.1) is 10.9 Å². The van der Waals surface area contributed by atoms with Crippen LogP contribution in [0.5, 0.6) is 0 Å². The maximum absolute atomic E-state index is 12.9. The molecule has 0 unspecified atom stereocenters. The van der Waals surface area contributed by atoms with Crippen LogP contribution in [0.3, 0.4) is 0 Å². The van der Waals surface area contributed by atoms with Crippen molar-refractivity contribution in [3.63, 3.8) is 0 Å². The van der Waals surface area contributed by atoms with Gasteiger partial charge in [-0.2, -0.15) is 0 Å². The third kappa shape index (κ3) is 4.01. The smallest absolute Gasteiger partial charge is 0.262 e. The Labute approximate surface area is 195 Å². The minimum atomic E-state index is -0.240. The standard InChI is InChI=1S/C26H23N3O3S/c1-32-12-4-11-29-25(31)22-9-7-17(15-23(22)28-26(29)33)24(30)27-19-8-10-21-18(14-19)13-16-5-2-3-6-20(16)21/h2-3,5-10,14-15H,4,11-13H2,1H3,(H,27,30)(H,28,33). The van der Waals surface area contributed by atoms with Crippen molar-refractivity contribution < 1.29 is 9.53 Å². The van der Waals surface area contributed by atoms with Crippen molar-refractivity contribution in [2.75, 3.05) is 19.0 Å². The SMILES string of the molecule is COCCCn1c(=S)[nH]c2cc(C(=O)Nc3ccc4c(c3)Cc3ccccc3-4)ccc2c1=O. The van der Waals surface area contributed by atoms with Crippen molar-refractivity contribution in [1.82, 2.24) is 9.55 Å². The fourth-order valence-corrected chi connectivity index (χ4v) is 4.68. The first kappa shape index (κ1) is 21.3. The van der Waals surface area contributed by atoms with Crippen molar-refractivity contribution in [2.45, 2.75) is 19.4 Å². The molecule has 166 valence electrons. The summed E-state index contributed by atoms with van der Waals surface area (Å²) in [5.41, 5.74) is 6.53. The number of benzene rings is 3. The molecule has 1 amide bonds. The van der Waals surface area contributed by atoms with Crippen LogP contribution in [-0.4, -0.2) is 29.2 Å². The first-order valence-electron chi connectivity index (χ1n) is 10.8. The Morgan fingerprint density at radius 3 is 2.76 bits per heavy atom. The lowest BCUT2D eigenvalue weighted by atomic mass is 10.1. The van der Waals surface area contributed by atoms with E-state index in [1.807, 2.05) is 24.3 Å². The molecule has 0 saturated heterocycles. The fourth-order valence-electron chi connectivity index (χ4n) is 4.39. The highest BCUT2D eigenvalue weighted by Gasteiger charge is 2.18. The highest BCUT2D eigenvalue weighted by molar-refractivity contribution is 7.71. The fraction of sp³-hybridized carbons (Fsp3) is 0.192. The second kappa shape index (κ2) is 8.77. The van der Waals surface area contributed by atoms with Crippen LogP contribution in [0.15, 0.2) is 65.5 Å². The van der Waals surface area contributed by atoms with E-state index in [0.29, 0.717) is 40.8 Å². The van der Waals surface area contributed by atoms with Crippen LogP contribution in [0, 0.1) is 4.77 Å². The second-order valence-electron chi connectivity index (χ2n) is 8.15. The summed E-state index contributed by atoms with van der Waals surface area (Å²) >= 11 is 5.37. The number of aromatic nitrogens is 2. The molecule has 0 saturated carbocycles. The van der Waals surface area contributed by atoms with Gasteiger partial charge in [0.25, 0.3) is 11.5 Å². The Morgan fingerprint density at radius 2 is 1.91 bits per heavy atom. The number of H-pyrrole nitrogens is 1. The molecule has 7 heteroatoms. The van der Waals surface area contributed by atoms with Gasteiger partial charge < -0.3 is 15.0 Å². The van der Waals surface area contributed by atoms with Crippen LogP contribution in [0.2, 0.25) is 0 Å². The molecule has 1 aromatic heterocycles. The molecule has 6 nitrogen and oxygen atoms in total. The van der Waals surface area contributed by atoms with Crippen LogP contribution >= 0.6 is 12.2 Å². The summed E-state index contributed by atoms with van der Waals surface area (Å²) in [4.78, 5) is 28.9. The zero-order valence-corrected chi connectivity index (χ0v) is 19.0. The number of anilines is 1. The quantitative estimate of drug-likeness (QED) is 0.280. The van der Waals surface area contributed by atoms with Gasteiger partial charge in [-0.25, -0.2) is 0 Å². The zero-order chi connectivity index (χ0) is 22.9. The Bertz CT molecular complexity index is 1500. The molecule has 0 atom stereocenters. The van der Waals surface area contributed by atoms with Gasteiger partial charge in [0.1, 0.15) is 0 Å². The average molecular weight is 458 g/mol. The number of amides is 1. The number of carbonyl (C=O) groups excluding carboxylic acids is 1. The van der Waals surface area contributed by atoms with Gasteiger partial charge in [0.15, 0.2) is 4.77 Å². The molecule has 0 radical (unpaired) electrons. The van der Waals surface area contributed by atoms with Gasteiger partial charge in [0.2, 0.25) is 0 Å². The van der Waals surface area contributed by atoms with Gasteiger partial charge in [-0.05, 0) is 77.6 Å². The molecule has 5 rings (SSSR count). The lowest BCUT2D eigenvalue weighted by Gasteiger charge is -2.10. The topological polar surface area (TPSA) is 76.1 Å². The third-order valence-electron chi connectivity index (χ3n) is 6.03. The van der Waals surface area contributed by atoms with Crippen LogP contribution in [0.1, 0.15) is 27.9 Å². The monoisotopic (exact) mass is 457 g/mol. The normalized spacial score (nSPS) is 11.9. The molecule has 2 N–H and O–H groups in total. The zero-order valence-electron chi connectivity index (χ0n) is 18.2. The van der Waals surface area contributed by atoms with Crippen molar-refractivity contribution >= 4 is 34.7 Å². The van der Waals surface area contributed by atoms with Gasteiger partial charge in [0, 0.05) is 31.5 Å². The highest BCUT2D eigenvalue weighted by Crippen LogP contribution is 2.37. The molecule has 0 bridgehead atoms. The molecule has 4 aromatic rings. The van der Waals surface area contributed by atoms with E-state index in [9.17, 15) is 9.59 Å². The van der Waals surface area contributed by atoms with Gasteiger partial charge >= 0.3 is 0 Å². The molecule has 3 aromatic carbocycles. The van der Waals surface area contributed by atoms with E-state index < -0.39 is 0 Å². The molecular formula is C26H23N3O3S. The minimum absolute atomic E-state index is 0.171. The molecule has 0 aliphatic heterocycles. The Hall–Kier alpha value is -3.55. The molecule has 1 aliphatic carbocycles. The number of carbonyl (C=O) groups is 1. The predicted octanol–water partition coefficient (Wildman–Crippen LogP) is 4.92. The van der Waals surface area contributed by atoms with E-state index >= 15 is 0 Å². The van der Waals surface area contributed by atoms with Gasteiger partial charge in [-0.15, -0.1) is 0 Å². The maximum Gasteiger partial charge on any atom is 0.262 e. The van der Waals surface area contributed by atoms with Crippen molar-refractivity contribution in [3.8, 4) is 11.1 Å². The van der Waals surface area contributed by atoms with E-state index in [1.165, 1.54) is 26.8 Å². The highest BCUT2D eigenvalue weighted by atomic mass is 32.1. The summed E-state index contributed by atoms with van der Waals surface area (Å²) in [7, 11) is 1.62. The molecule has 0 spiro atoms. The lowest BCUT2D eigenvalue weighted by molar-refractivity contribution is 0.102. The molecule has 1 heterocycles. The van der Waals surface area contributed by atoms with Gasteiger partial charge in [-0.3, -0.25) is 14.2 Å². The molecular weight excluding hydrogens is 434 g/mol. The maximum atomic E-state index is 12.9. The van der Waals surface area contributed by atoms with E-state index in [4.69, 9.17) is 17.0 Å². The number of hydrogen-bond acceptors (Lipinski definition) is 4. The average Bonchev–Trinajstić information content (AvgIpc) is 3.18. The number of methoxy groups -OCH3 is 1. The van der Waals surface area contributed by atoms with Crippen LogP contribution in [-0.2, 0) is 17.7 Å². The van der Waals surface area contributed by atoms with E-state index in [1.54, 1.807) is 25.3 Å². The number of rotatable bonds is 6. The summed E-state index contributed by atoms with van der Waals surface area (Å²) in [6.07, 6.45) is 1.55. The van der Waals surface area contributed by atoms with Crippen LogP contribution < -0.4 is 10.9 Å². The lowest BCUT2D eigenvalue weighted by Crippen LogP contribution is -2.23. The van der Waals surface area contributed by atoms with Gasteiger partial charge in [-0.1, -0.05) is 30.3 Å². The first-order valence-corrected chi connectivity index (χ1v) is 11.2. The third-order valence-corrected chi connectivity index (χ3v) is 6.35. The minimum Gasteiger partial charge on any atom is -0.385 e. The van der Waals surface area contributed by atoms with Crippen molar-refractivity contribution in [2.24, 2.45) is 0 Å². The van der Waals surface area contributed by atoms with Crippen molar-refractivity contribution in [3.05, 3.63) is 92.5 Å². The van der Waals surface area contributed by atoms with Crippen LogP contribution in [0.25, 0.3) is 22.0 Å². The van der Waals surface area contributed by atoms with E-state index in [2.05, 4.69) is 28.5 Å². The predicted molar refractivity (Wildman–Crippen MR) is 133 cm³/mol. The summed E-state index contributed by atoms with van der Waals surface area (Å²) in [5.74, 6) is -0.240. The summed E-state index contributed by atoms with van der Waals surface area (Å²) in [5, 5.41) is 3.47. The Balaban J connectivity index is 1.39. The summed E-state index contributed by atoms with van der Waals surface area (Å²) in [6.45, 7) is 1.02. The van der Waals surface area contributed by atoms with E-state index in [-0.39, 0.29) is 11.5 Å². The Morgan fingerprint density at radius 1 is 1.09 bits per heavy atom. The molecule has 33 heavy (non-hydrogen) atoms.